The zero-order chi connectivity index (χ0) is 35.2. The molecule has 7 heteroatoms. The SMILES string of the molecule is CCCc1nn(-c2[c-]c(Oc3[c-]c4c(cc3)c3ccccc3n4-c3cc(OCC)ccn3)ccc2)c(C(C)(C)C)c1-c1cc(C)c(C)c(C)c1.[Pd+2]. The monoisotopic (exact) mass is 766 g/mol. The minimum Gasteiger partial charge on any atom is -0.509 e. The first-order chi connectivity index (χ1) is 24.1. The van der Waals surface area contributed by atoms with Gasteiger partial charge >= 0.3 is 20.4 Å². The zero-order valence-electron chi connectivity index (χ0n) is 30.6. The summed E-state index contributed by atoms with van der Waals surface area (Å²) in [7, 11) is 0. The number of nitrogens with zero attached hydrogens (tertiary/aromatic N) is 4. The van der Waals surface area contributed by atoms with Crippen molar-refractivity contribution in [3.8, 4) is 39.9 Å². The fraction of sp³-hybridized carbons (Fsp3) is 0.273. The van der Waals surface area contributed by atoms with Gasteiger partial charge in [-0.3, -0.25) is 4.68 Å². The van der Waals surface area contributed by atoms with Crippen LogP contribution in [0.1, 0.15) is 69.1 Å². The summed E-state index contributed by atoms with van der Waals surface area (Å²) in [5.41, 5.74) is 11.2. The number of ether oxygens (including phenoxy) is 2. The van der Waals surface area contributed by atoms with E-state index in [0.29, 0.717) is 18.1 Å². The van der Waals surface area contributed by atoms with Crippen LogP contribution in [0, 0.1) is 32.9 Å². The summed E-state index contributed by atoms with van der Waals surface area (Å²) in [5, 5.41) is 7.46. The Labute approximate surface area is 315 Å². The van der Waals surface area contributed by atoms with E-state index >= 15 is 0 Å². The molecule has 0 amide bonds. The molecule has 0 bridgehead atoms. The van der Waals surface area contributed by atoms with E-state index in [1.54, 1.807) is 6.20 Å². The summed E-state index contributed by atoms with van der Waals surface area (Å²) < 4.78 is 16.5. The molecule has 0 unspecified atom stereocenters. The van der Waals surface area contributed by atoms with Crippen LogP contribution in [0.3, 0.4) is 0 Å². The molecule has 0 saturated heterocycles. The average molecular weight is 767 g/mol. The Bertz CT molecular complexity index is 2340. The van der Waals surface area contributed by atoms with Crippen molar-refractivity contribution < 1.29 is 29.9 Å². The van der Waals surface area contributed by atoms with E-state index in [4.69, 9.17) is 19.6 Å². The van der Waals surface area contributed by atoms with Gasteiger partial charge in [-0.25, -0.2) is 4.98 Å². The summed E-state index contributed by atoms with van der Waals surface area (Å²) in [5.74, 6) is 2.71. The Kier molecular flexibility index (Phi) is 10.3. The molecular weight excluding hydrogens is 723 g/mol. The molecule has 7 aromatic rings. The van der Waals surface area contributed by atoms with Crippen molar-refractivity contribution in [1.82, 2.24) is 19.3 Å². The second-order valence-electron chi connectivity index (χ2n) is 14.0. The van der Waals surface area contributed by atoms with E-state index in [0.717, 1.165) is 63.3 Å². The van der Waals surface area contributed by atoms with Gasteiger partial charge in [0.15, 0.2) is 0 Å². The molecule has 7 rings (SSSR count). The van der Waals surface area contributed by atoms with Crippen molar-refractivity contribution in [1.29, 1.82) is 0 Å². The van der Waals surface area contributed by atoms with Gasteiger partial charge in [0.05, 0.1) is 18.0 Å². The molecule has 0 aliphatic rings. The molecule has 262 valence electrons. The fourth-order valence-corrected chi connectivity index (χ4v) is 6.91. The topological polar surface area (TPSA) is 54.1 Å². The van der Waals surface area contributed by atoms with Crippen molar-refractivity contribution in [3.63, 3.8) is 0 Å². The average Bonchev–Trinajstić information content (AvgIpc) is 3.64. The molecule has 3 aromatic heterocycles. The number of rotatable bonds is 9. The predicted octanol–water partition coefficient (Wildman–Crippen LogP) is 11.0. The Morgan fingerprint density at radius 2 is 1.55 bits per heavy atom. The number of aryl methyl sites for hydroxylation is 3. The van der Waals surface area contributed by atoms with Crippen molar-refractivity contribution in [2.24, 2.45) is 0 Å². The van der Waals surface area contributed by atoms with Crippen LogP contribution in [0.25, 0.3) is 44.4 Å². The Balaban J connectivity index is 0.00000448. The summed E-state index contributed by atoms with van der Waals surface area (Å²) >= 11 is 0. The molecule has 6 nitrogen and oxygen atoms in total. The number of para-hydroxylation sites is 1. The first-order valence-electron chi connectivity index (χ1n) is 17.5. The van der Waals surface area contributed by atoms with E-state index < -0.39 is 0 Å². The second kappa shape index (κ2) is 14.5. The summed E-state index contributed by atoms with van der Waals surface area (Å²) in [4.78, 5) is 4.72. The van der Waals surface area contributed by atoms with Crippen molar-refractivity contribution in [2.45, 2.75) is 73.6 Å². The van der Waals surface area contributed by atoms with Crippen molar-refractivity contribution >= 4 is 21.8 Å². The standard InChI is InChI=1S/C44H44N4O2.Pd/c1-9-14-38-42(31-23-28(3)30(5)29(4)24-31)43(44(6,7)8)48(46-38)32-15-13-16-34(25-32)50-35-19-20-37-36-17-11-12-18-39(36)47(40(37)26-35)41-27-33(49-10-2)21-22-45-41;/h11-13,15-24,27H,9-10,14H2,1-8H3;/q-2;+2. The number of pyridine rings is 1. The molecule has 0 aliphatic carbocycles. The van der Waals surface area contributed by atoms with Gasteiger partial charge in [-0.05, 0) is 79.6 Å². The second-order valence-corrected chi connectivity index (χ2v) is 14.0. The number of hydrogen-bond acceptors (Lipinski definition) is 4. The van der Waals surface area contributed by atoms with Crippen molar-refractivity contribution in [2.75, 3.05) is 6.61 Å². The van der Waals surface area contributed by atoms with E-state index in [-0.39, 0.29) is 25.8 Å². The molecule has 0 aliphatic heterocycles. The zero-order valence-corrected chi connectivity index (χ0v) is 32.2. The third-order valence-electron chi connectivity index (χ3n) is 9.39. The van der Waals surface area contributed by atoms with Gasteiger partial charge in [0, 0.05) is 40.3 Å². The van der Waals surface area contributed by atoms with E-state index in [1.807, 2.05) is 43.3 Å². The minimum absolute atomic E-state index is 0. The summed E-state index contributed by atoms with van der Waals surface area (Å²) in [6, 6.07) is 34.0. The Hall–Kier alpha value is -4.70. The molecule has 0 radical (unpaired) electrons. The Morgan fingerprint density at radius 1 is 0.804 bits per heavy atom. The van der Waals surface area contributed by atoms with Gasteiger partial charge in [0.2, 0.25) is 0 Å². The predicted molar refractivity (Wildman–Crippen MR) is 203 cm³/mol. The summed E-state index contributed by atoms with van der Waals surface area (Å²) in [6.07, 6.45) is 3.67. The van der Waals surface area contributed by atoms with E-state index in [2.05, 4.69) is 112 Å². The van der Waals surface area contributed by atoms with E-state index in [9.17, 15) is 0 Å². The van der Waals surface area contributed by atoms with E-state index in [1.165, 1.54) is 27.8 Å². The number of fused-ring (bicyclic) bond motifs is 3. The molecule has 0 N–H and O–H groups in total. The van der Waals surface area contributed by atoms with Gasteiger partial charge in [-0.2, -0.15) is 17.2 Å². The number of aromatic nitrogens is 4. The normalized spacial score (nSPS) is 11.6. The fourth-order valence-electron chi connectivity index (χ4n) is 6.91. The van der Waals surface area contributed by atoms with Gasteiger partial charge in [0.25, 0.3) is 0 Å². The molecule has 0 atom stereocenters. The first-order valence-corrected chi connectivity index (χ1v) is 17.5. The largest absolute Gasteiger partial charge is 2.00 e. The van der Waals surface area contributed by atoms with Gasteiger partial charge in [0.1, 0.15) is 11.6 Å². The number of hydrogen-bond donors (Lipinski definition) is 0. The minimum atomic E-state index is -0.189. The van der Waals surface area contributed by atoms with Crippen LogP contribution in [-0.2, 0) is 32.3 Å². The maximum atomic E-state index is 6.53. The summed E-state index contributed by atoms with van der Waals surface area (Å²) in [6.45, 7) is 18.1. The number of benzene rings is 4. The van der Waals surface area contributed by atoms with Crippen molar-refractivity contribution in [3.05, 3.63) is 125 Å². The van der Waals surface area contributed by atoms with Crippen LogP contribution in [0.15, 0.2) is 85.1 Å². The quantitative estimate of drug-likeness (QED) is 0.108. The van der Waals surface area contributed by atoms with Gasteiger partial charge in [-0.1, -0.05) is 70.0 Å². The van der Waals surface area contributed by atoms with Crippen LogP contribution >= 0.6 is 0 Å². The molecule has 3 heterocycles. The molecule has 4 aromatic carbocycles. The smallest absolute Gasteiger partial charge is 0.509 e. The molecule has 0 saturated carbocycles. The maximum absolute atomic E-state index is 6.53. The third-order valence-corrected chi connectivity index (χ3v) is 9.39. The van der Waals surface area contributed by atoms with Crippen LogP contribution in [0.5, 0.6) is 17.2 Å². The van der Waals surface area contributed by atoms with Crippen LogP contribution in [0.4, 0.5) is 0 Å². The van der Waals surface area contributed by atoms with Gasteiger partial charge < -0.3 is 14.0 Å². The maximum Gasteiger partial charge on any atom is 2.00 e. The molecule has 0 fully saturated rings. The Morgan fingerprint density at radius 3 is 2.27 bits per heavy atom. The molecule has 51 heavy (non-hydrogen) atoms. The van der Waals surface area contributed by atoms with Gasteiger partial charge in [-0.15, -0.1) is 35.7 Å². The van der Waals surface area contributed by atoms with Crippen LogP contribution in [-0.4, -0.2) is 25.9 Å². The first kappa shape index (κ1) is 36.1. The van der Waals surface area contributed by atoms with Crippen LogP contribution in [0.2, 0.25) is 0 Å². The molecule has 0 spiro atoms. The molecular formula is C44H44N4O2Pd. The van der Waals surface area contributed by atoms with Crippen LogP contribution < -0.4 is 9.47 Å². The third kappa shape index (κ3) is 6.86.